The van der Waals surface area contributed by atoms with E-state index in [0.717, 1.165) is 17.7 Å². The lowest BCUT2D eigenvalue weighted by Gasteiger charge is -2.00. The van der Waals surface area contributed by atoms with Crippen LogP contribution in [0, 0.1) is 0 Å². The molecule has 19 heavy (non-hydrogen) atoms. The van der Waals surface area contributed by atoms with Gasteiger partial charge in [0.2, 0.25) is 0 Å². The molecule has 5 nitrogen and oxygen atoms in total. The molecule has 0 radical (unpaired) electrons. The fraction of sp³-hybridized carbons (Fsp3) is 0.0714. The number of carbonyl (C=O) groups excluding carboxylic acids is 1. The average molecular weight is 252 g/mol. The molecule has 3 rings (SSSR count). The van der Waals surface area contributed by atoms with Crippen molar-refractivity contribution in [3.8, 4) is 17.1 Å². The molecule has 0 aliphatic carbocycles. The van der Waals surface area contributed by atoms with E-state index in [4.69, 9.17) is 0 Å². The molecule has 0 bridgehead atoms. The summed E-state index contributed by atoms with van der Waals surface area (Å²) in [5, 5.41) is 8.58. The van der Waals surface area contributed by atoms with Crippen molar-refractivity contribution in [3.05, 3.63) is 54.4 Å². The minimum Gasteiger partial charge on any atom is -0.298 e. The van der Waals surface area contributed by atoms with Crippen molar-refractivity contribution < 1.29 is 4.79 Å². The number of aryl methyl sites for hydroxylation is 1. The molecule has 0 unspecified atom stereocenters. The Labute approximate surface area is 110 Å². The van der Waals surface area contributed by atoms with Crippen LogP contribution in [0.1, 0.15) is 10.4 Å². The van der Waals surface area contributed by atoms with Crippen LogP contribution in [0.3, 0.4) is 0 Å². The van der Waals surface area contributed by atoms with Crippen molar-refractivity contribution in [2.75, 3.05) is 0 Å². The first-order valence-electron chi connectivity index (χ1n) is 5.88. The van der Waals surface area contributed by atoms with Gasteiger partial charge in [0.1, 0.15) is 5.69 Å². The normalized spacial score (nSPS) is 10.6. The summed E-state index contributed by atoms with van der Waals surface area (Å²) in [5.74, 6) is 0. The van der Waals surface area contributed by atoms with Crippen LogP contribution in [0.15, 0.2) is 48.8 Å². The van der Waals surface area contributed by atoms with Crippen LogP contribution in [0.5, 0.6) is 0 Å². The second-order valence-electron chi connectivity index (χ2n) is 4.17. The van der Waals surface area contributed by atoms with Crippen molar-refractivity contribution in [2.45, 2.75) is 0 Å². The molecule has 5 heteroatoms. The van der Waals surface area contributed by atoms with Crippen molar-refractivity contribution >= 4 is 6.29 Å². The average Bonchev–Trinajstić information content (AvgIpc) is 3.05. The maximum Gasteiger partial charge on any atom is 0.153 e. The molecule has 1 aromatic carbocycles. The molecule has 0 atom stereocenters. The lowest BCUT2D eigenvalue weighted by Crippen LogP contribution is -1.97. The number of para-hydroxylation sites is 1. The highest BCUT2D eigenvalue weighted by Gasteiger charge is 2.14. The molecule has 0 aliphatic heterocycles. The van der Waals surface area contributed by atoms with Crippen LogP contribution in [0.2, 0.25) is 0 Å². The van der Waals surface area contributed by atoms with Gasteiger partial charge in [-0.05, 0) is 18.2 Å². The van der Waals surface area contributed by atoms with Crippen molar-refractivity contribution in [1.82, 2.24) is 19.6 Å². The molecule has 2 heterocycles. The standard InChI is InChI=1S/C14H12N4O/c1-17-13(7-8-15-17)14-11(10-19)9-18(16-14)12-5-3-2-4-6-12/h2-10H,1H3. The summed E-state index contributed by atoms with van der Waals surface area (Å²) in [6, 6.07) is 11.5. The Bertz CT molecular complexity index is 712. The molecule has 0 aliphatic rings. The number of benzene rings is 1. The minimum absolute atomic E-state index is 0.549. The zero-order chi connectivity index (χ0) is 13.2. The van der Waals surface area contributed by atoms with Gasteiger partial charge in [-0.3, -0.25) is 9.48 Å². The second-order valence-corrected chi connectivity index (χ2v) is 4.17. The number of nitrogens with zero attached hydrogens (tertiary/aromatic N) is 4. The third-order valence-electron chi connectivity index (χ3n) is 2.95. The predicted molar refractivity (Wildman–Crippen MR) is 71.2 cm³/mol. The molecule has 0 amide bonds. The zero-order valence-corrected chi connectivity index (χ0v) is 10.4. The van der Waals surface area contributed by atoms with Gasteiger partial charge in [-0.2, -0.15) is 10.2 Å². The molecule has 3 aromatic rings. The lowest BCUT2D eigenvalue weighted by atomic mass is 10.2. The first kappa shape index (κ1) is 11.4. The first-order valence-corrected chi connectivity index (χ1v) is 5.88. The Kier molecular flexibility index (Phi) is 2.72. The van der Waals surface area contributed by atoms with Crippen molar-refractivity contribution in [1.29, 1.82) is 0 Å². The molecular formula is C14H12N4O. The van der Waals surface area contributed by atoms with Crippen LogP contribution in [-0.4, -0.2) is 25.8 Å². The SMILES string of the molecule is Cn1nccc1-c1nn(-c2ccccc2)cc1C=O. The summed E-state index contributed by atoms with van der Waals surface area (Å²) in [7, 11) is 1.82. The van der Waals surface area contributed by atoms with E-state index in [0.29, 0.717) is 11.3 Å². The Morgan fingerprint density at radius 3 is 2.58 bits per heavy atom. The Morgan fingerprint density at radius 1 is 1.16 bits per heavy atom. The monoisotopic (exact) mass is 252 g/mol. The number of carbonyl (C=O) groups is 1. The minimum atomic E-state index is 0.549. The fourth-order valence-electron chi connectivity index (χ4n) is 1.99. The highest BCUT2D eigenvalue weighted by molar-refractivity contribution is 5.84. The maximum atomic E-state index is 11.2. The fourth-order valence-corrected chi connectivity index (χ4v) is 1.99. The van der Waals surface area contributed by atoms with Gasteiger partial charge >= 0.3 is 0 Å². The van der Waals surface area contributed by atoms with Gasteiger partial charge in [-0.25, -0.2) is 4.68 Å². The van der Waals surface area contributed by atoms with E-state index < -0.39 is 0 Å². The van der Waals surface area contributed by atoms with E-state index in [1.54, 1.807) is 21.8 Å². The highest BCUT2D eigenvalue weighted by Crippen LogP contribution is 2.21. The third kappa shape index (κ3) is 1.95. The smallest absolute Gasteiger partial charge is 0.153 e. The maximum absolute atomic E-state index is 11.2. The molecule has 94 valence electrons. The molecule has 0 fully saturated rings. The number of rotatable bonds is 3. The van der Waals surface area contributed by atoms with E-state index in [2.05, 4.69) is 10.2 Å². The zero-order valence-electron chi connectivity index (χ0n) is 10.4. The Hall–Kier alpha value is -2.69. The topological polar surface area (TPSA) is 52.7 Å². The van der Waals surface area contributed by atoms with E-state index in [-0.39, 0.29) is 0 Å². The van der Waals surface area contributed by atoms with Crippen LogP contribution in [-0.2, 0) is 7.05 Å². The lowest BCUT2D eigenvalue weighted by molar-refractivity contribution is 0.112. The molecule has 0 spiro atoms. The van der Waals surface area contributed by atoms with Gasteiger partial charge in [0, 0.05) is 19.4 Å². The number of aromatic nitrogens is 4. The summed E-state index contributed by atoms with van der Waals surface area (Å²) in [4.78, 5) is 11.2. The summed E-state index contributed by atoms with van der Waals surface area (Å²) in [6.45, 7) is 0. The predicted octanol–water partition coefficient (Wildman–Crippen LogP) is 2.09. The van der Waals surface area contributed by atoms with Crippen LogP contribution >= 0.6 is 0 Å². The molecule has 0 N–H and O–H groups in total. The first-order chi connectivity index (χ1) is 9.29. The summed E-state index contributed by atoms with van der Waals surface area (Å²) >= 11 is 0. The van der Waals surface area contributed by atoms with Gasteiger partial charge < -0.3 is 0 Å². The molecule has 0 saturated carbocycles. The van der Waals surface area contributed by atoms with E-state index >= 15 is 0 Å². The third-order valence-corrected chi connectivity index (χ3v) is 2.95. The van der Waals surface area contributed by atoms with Gasteiger partial charge in [0.15, 0.2) is 6.29 Å². The van der Waals surface area contributed by atoms with Crippen molar-refractivity contribution in [3.63, 3.8) is 0 Å². The van der Waals surface area contributed by atoms with Gasteiger partial charge in [0.25, 0.3) is 0 Å². The Balaban J connectivity index is 2.15. The largest absolute Gasteiger partial charge is 0.298 e. The highest BCUT2D eigenvalue weighted by atomic mass is 16.1. The quantitative estimate of drug-likeness (QED) is 0.671. The summed E-state index contributed by atoms with van der Waals surface area (Å²) < 4.78 is 3.40. The number of hydrogen-bond acceptors (Lipinski definition) is 3. The second kappa shape index (κ2) is 4.53. The molecular weight excluding hydrogens is 240 g/mol. The molecule has 0 saturated heterocycles. The van der Waals surface area contributed by atoms with Crippen LogP contribution in [0.25, 0.3) is 17.1 Å². The summed E-state index contributed by atoms with van der Waals surface area (Å²) in [5.41, 5.74) is 2.92. The van der Waals surface area contributed by atoms with E-state index in [1.165, 1.54) is 0 Å². The summed E-state index contributed by atoms with van der Waals surface area (Å²) in [6.07, 6.45) is 4.23. The van der Waals surface area contributed by atoms with Gasteiger partial charge in [-0.1, -0.05) is 18.2 Å². The molecule has 2 aromatic heterocycles. The van der Waals surface area contributed by atoms with Crippen molar-refractivity contribution in [2.24, 2.45) is 7.05 Å². The number of aldehydes is 1. The van der Waals surface area contributed by atoms with Gasteiger partial charge in [0.05, 0.1) is 16.9 Å². The van der Waals surface area contributed by atoms with Crippen LogP contribution < -0.4 is 0 Å². The van der Waals surface area contributed by atoms with E-state index in [9.17, 15) is 4.79 Å². The van der Waals surface area contributed by atoms with Gasteiger partial charge in [-0.15, -0.1) is 0 Å². The van der Waals surface area contributed by atoms with Crippen LogP contribution in [0.4, 0.5) is 0 Å². The van der Waals surface area contributed by atoms with E-state index in [1.807, 2.05) is 43.4 Å². The Morgan fingerprint density at radius 2 is 1.95 bits per heavy atom. The number of hydrogen-bond donors (Lipinski definition) is 0.